The lowest BCUT2D eigenvalue weighted by Crippen LogP contribution is -2.41. The molecule has 0 bridgehead atoms. The molecule has 0 saturated carbocycles. The molecule has 1 aliphatic heterocycles. The van der Waals surface area contributed by atoms with Gasteiger partial charge in [0, 0.05) is 13.0 Å². The van der Waals surface area contributed by atoms with Gasteiger partial charge in [0.05, 0.1) is 11.7 Å². The number of hydrogen-bond donors (Lipinski definition) is 3. The first-order chi connectivity index (χ1) is 9.73. The number of aliphatic hydroxyl groups excluding tert-OH is 1. The zero-order chi connectivity index (χ0) is 15.9. The summed E-state index contributed by atoms with van der Waals surface area (Å²) in [5.74, 6) is -9.53. The van der Waals surface area contributed by atoms with E-state index in [9.17, 15) is 27.9 Å². The lowest BCUT2D eigenvalue weighted by molar-refractivity contribution is -0.141. The average Bonchev–Trinajstić information content (AvgIpc) is 2.82. The van der Waals surface area contributed by atoms with Crippen LogP contribution in [-0.2, 0) is 4.79 Å². The van der Waals surface area contributed by atoms with E-state index >= 15 is 0 Å². The largest absolute Gasteiger partial charge is 0.503 e. The van der Waals surface area contributed by atoms with E-state index in [0.717, 1.165) is 0 Å². The van der Waals surface area contributed by atoms with Crippen molar-refractivity contribution in [1.82, 2.24) is 4.90 Å². The molecule has 21 heavy (non-hydrogen) atoms. The second kappa shape index (κ2) is 5.24. The van der Waals surface area contributed by atoms with Gasteiger partial charge in [0.2, 0.25) is 5.82 Å². The van der Waals surface area contributed by atoms with Gasteiger partial charge in [0.1, 0.15) is 6.04 Å². The third-order valence-electron chi connectivity index (χ3n) is 3.19. The van der Waals surface area contributed by atoms with Gasteiger partial charge in [0.25, 0.3) is 5.91 Å². The Kier molecular flexibility index (Phi) is 3.77. The number of carbonyl (C=O) groups is 2. The van der Waals surface area contributed by atoms with Gasteiger partial charge in [-0.05, 0) is 6.07 Å². The van der Waals surface area contributed by atoms with Crippen molar-refractivity contribution in [1.29, 1.82) is 0 Å². The molecule has 1 aromatic carbocycles. The molecule has 1 saturated heterocycles. The summed E-state index contributed by atoms with van der Waals surface area (Å²) in [6.45, 7) is -0.394. The van der Waals surface area contributed by atoms with Crippen LogP contribution in [0.3, 0.4) is 0 Å². The van der Waals surface area contributed by atoms with Crippen LogP contribution in [-0.4, -0.2) is 50.8 Å². The number of amides is 1. The van der Waals surface area contributed by atoms with Crippen molar-refractivity contribution in [3.05, 3.63) is 29.1 Å². The maximum absolute atomic E-state index is 13.7. The van der Waals surface area contributed by atoms with E-state index in [1.54, 1.807) is 0 Å². The molecular weight excluding hydrogens is 295 g/mol. The second-order valence-corrected chi connectivity index (χ2v) is 4.58. The molecular formula is C12H10F3NO5. The summed E-state index contributed by atoms with van der Waals surface area (Å²) in [4.78, 5) is 23.7. The molecule has 1 aliphatic rings. The fourth-order valence-electron chi connectivity index (χ4n) is 2.17. The minimum absolute atomic E-state index is 0.232. The molecule has 0 spiro atoms. The summed E-state index contributed by atoms with van der Waals surface area (Å²) in [7, 11) is 0. The number of nitrogens with zero attached hydrogens (tertiary/aromatic N) is 1. The Morgan fingerprint density at radius 1 is 1.24 bits per heavy atom. The standard InChI is InChI=1S/C12H10F3NO5/c13-6-2-5(8(14)10(18)9(6)15)11(19)16-3-4(17)1-7(16)12(20)21/h2,4,7,17-18H,1,3H2,(H,20,21)/t4-,7+/m1/s1. The van der Waals surface area contributed by atoms with E-state index in [4.69, 9.17) is 10.2 Å². The van der Waals surface area contributed by atoms with Gasteiger partial charge in [-0.2, -0.15) is 4.39 Å². The second-order valence-electron chi connectivity index (χ2n) is 4.58. The van der Waals surface area contributed by atoms with Crippen LogP contribution in [0.2, 0.25) is 0 Å². The predicted octanol–water partition coefficient (Wildman–Crippen LogP) is 0.470. The number of aliphatic carboxylic acids is 1. The fraction of sp³-hybridized carbons (Fsp3) is 0.333. The maximum atomic E-state index is 13.7. The Labute approximate surface area is 116 Å². The van der Waals surface area contributed by atoms with Crippen molar-refractivity contribution in [2.45, 2.75) is 18.6 Å². The molecule has 0 radical (unpaired) electrons. The lowest BCUT2D eigenvalue weighted by atomic mass is 10.1. The number of β-amino-alcohol motifs (C(OH)–C–C–N with tert-alkyl or cyclic N) is 1. The molecule has 1 heterocycles. The van der Waals surface area contributed by atoms with Gasteiger partial charge in [-0.1, -0.05) is 0 Å². The number of hydrogen-bond acceptors (Lipinski definition) is 4. The van der Waals surface area contributed by atoms with Gasteiger partial charge < -0.3 is 20.2 Å². The molecule has 3 N–H and O–H groups in total. The number of carbonyl (C=O) groups excluding carboxylic acids is 1. The van der Waals surface area contributed by atoms with Crippen molar-refractivity contribution < 1.29 is 38.1 Å². The Morgan fingerprint density at radius 2 is 1.86 bits per heavy atom. The summed E-state index contributed by atoms with van der Waals surface area (Å²) < 4.78 is 39.8. The number of aromatic hydroxyl groups is 1. The molecule has 1 amide bonds. The highest BCUT2D eigenvalue weighted by atomic mass is 19.2. The van der Waals surface area contributed by atoms with Crippen LogP contribution in [0.25, 0.3) is 0 Å². The zero-order valence-electron chi connectivity index (χ0n) is 10.4. The lowest BCUT2D eigenvalue weighted by Gasteiger charge is -2.21. The molecule has 1 fully saturated rings. The monoisotopic (exact) mass is 305 g/mol. The predicted molar refractivity (Wildman–Crippen MR) is 61.1 cm³/mol. The van der Waals surface area contributed by atoms with E-state index < -0.39 is 59.3 Å². The number of rotatable bonds is 2. The first-order valence-corrected chi connectivity index (χ1v) is 5.82. The molecule has 2 rings (SSSR count). The Morgan fingerprint density at radius 3 is 2.43 bits per heavy atom. The van der Waals surface area contributed by atoms with Crippen molar-refractivity contribution in [3.63, 3.8) is 0 Å². The SMILES string of the molecule is O=C(O)[C@@H]1C[C@@H](O)CN1C(=O)c1cc(F)c(F)c(O)c1F. The van der Waals surface area contributed by atoms with Gasteiger partial charge >= 0.3 is 5.97 Å². The highest BCUT2D eigenvalue weighted by molar-refractivity contribution is 5.97. The number of carboxylic acids is 1. The van der Waals surface area contributed by atoms with Crippen LogP contribution in [0.5, 0.6) is 5.75 Å². The van der Waals surface area contributed by atoms with E-state index in [1.165, 1.54) is 0 Å². The summed E-state index contributed by atoms with van der Waals surface area (Å²) in [6.07, 6.45) is -1.39. The molecule has 1 aromatic rings. The van der Waals surface area contributed by atoms with Crippen LogP contribution < -0.4 is 0 Å². The molecule has 6 nitrogen and oxygen atoms in total. The number of phenolic OH excluding ortho intramolecular Hbond substituents is 1. The van der Waals surface area contributed by atoms with Crippen LogP contribution in [0.4, 0.5) is 13.2 Å². The quantitative estimate of drug-likeness (QED) is 0.690. The highest BCUT2D eigenvalue weighted by Gasteiger charge is 2.40. The van der Waals surface area contributed by atoms with Crippen molar-refractivity contribution in [3.8, 4) is 5.75 Å². The minimum Gasteiger partial charge on any atom is -0.503 e. The van der Waals surface area contributed by atoms with Gasteiger partial charge in [-0.15, -0.1) is 0 Å². The maximum Gasteiger partial charge on any atom is 0.326 e. The number of carboxylic acid groups (broad SMARTS) is 1. The number of likely N-dealkylation sites (tertiary alicyclic amines) is 1. The normalized spacial score (nSPS) is 21.6. The van der Waals surface area contributed by atoms with E-state index in [-0.39, 0.29) is 12.5 Å². The van der Waals surface area contributed by atoms with Gasteiger partial charge in [-0.25, -0.2) is 13.6 Å². The average molecular weight is 305 g/mol. The van der Waals surface area contributed by atoms with Crippen molar-refractivity contribution in [2.75, 3.05) is 6.54 Å². The Bertz CT molecular complexity index is 621. The zero-order valence-corrected chi connectivity index (χ0v) is 10.4. The number of aliphatic hydroxyl groups is 1. The topological polar surface area (TPSA) is 98.1 Å². The highest BCUT2D eigenvalue weighted by Crippen LogP contribution is 2.28. The number of halogens is 3. The summed E-state index contributed by atoms with van der Waals surface area (Å²) in [5.41, 5.74) is -1.01. The molecule has 0 unspecified atom stereocenters. The van der Waals surface area contributed by atoms with Gasteiger partial charge in [-0.3, -0.25) is 4.79 Å². The van der Waals surface area contributed by atoms with Crippen molar-refractivity contribution >= 4 is 11.9 Å². The molecule has 2 atom stereocenters. The molecule has 9 heteroatoms. The number of benzene rings is 1. The Hall–Kier alpha value is -2.29. The first-order valence-electron chi connectivity index (χ1n) is 5.82. The van der Waals surface area contributed by atoms with E-state index in [2.05, 4.69) is 0 Å². The fourth-order valence-corrected chi connectivity index (χ4v) is 2.17. The van der Waals surface area contributed by atoms with Crippen LogP contribution in [0.15, 0.2) is 6.07 Å². The summed E-state index contributed by atoms with van der Waals surface area (Å²) >= 11 is 0. The third kappa shape index (κ3) is 2.51. The van der Waals surface area contributed by atoms with Crippen molar-refractivity contribution in [2.24, 2.45) is 0 Å². The summed E-state index contributed by atoms with van der Waals surface area (Å²) in [5, 5.41) is 27.4. The molecule has 114 valence electrons. The van der Waals surface area contributed by atoms with Crippen LogP contribution in [0, 0.1) is 17.5 Å². The van der Waals surface area contributed by atoms with E-state index in [0.29, 0.717) is 4.90 Å². The van der Waals surface area contributed by atoms with Gasteiger partial charge in [0.15, 0.2) is 17.4 Å². The molecule has 0 aliphatic carbocycles. The Balaban J connectivity index is 2.43. The summed E-state index contributed by atoms with van der Waals surface area (Å²) in [6, 6.07) is -1.18. The third-order valence-corrected chi connectivity index (χ3v) is 3.19. The van der Waals surface area contributed by atoms with E-state index in [1.807, 2.05) is 0 Å². The molecule has 0 aromatic heterocycles. The van der Waals surface area contributed by atoms with Crippen LogP contribution >= 0.6 is 0 Å². The first kappa shape index (κ1) is 15.1. The number of phenols is 1. The van der Waals surface area contributed by atoms with Crippen LogP contribution in [0.1, 0.15) is 16.8 Å². The minimum atomic E-state index is -1.85. The smallest absolute Gasteiger partial charge is 0.326 e.